The van der Waals surface area contributed by atoms with Crippen molar-refractivity contribution < 1.29 is 9.18 Å². The summed E-state index contributed by atoms with van der Waals surface area (Å²) in [5, 5.41) is 12.8. The summed E-state index contributed by atoms with van der Waals surface area (Å²) in [6.07, 6.45) is 0.843. The fourth-order valence-electron chi connectivity index (χ4n) is 4.12. The lowest BCUT2D eigenvalue weighted by Gasteiger charge is -2.21. The second-order valence-electron chi connectivity index (χ2n) is 7.77. The van der Waals surface area contributed by atoms with E-state index in [4.69, 9.17) is 0 Å². The third-order valence-corrected chi connectivity index (χ3v) is 5.79. The van der Waals surface area contributed by atoms with Crippen molar-refractivity contribution in [2.24, 2.45) is 7.05 Å². The molecule has 4 aromatic rings. The third-order valence-electron chi connectivity index (χ3n) is 5.79. The van der Waals surface area contributed by atoms with Crippen molar-refractivity contribution in [1.29, 1.82) is 0 Å². The number of amides is 1. The molecule has 0 radical (unpaired) electrons. The lowest BCUT2D eigenvalue weighted by molar-refractivity contribution is 0.0762. The Morgan fingerprint density at radius 2 is 1.84 bits per heavy atom. The lowest BCUT2D eigenvalue weighted by atomic mass is 10.1. The Bertz CT molecular complexity index is 1230. The van der Waals surface area contributed by atoms with E-state index in [9.17, 15) is 9.18 Å². The Balaban J connectivity index is 1.31. The summed E-state index contributed by atoms with van der Waals surface area (Å²) in [6, 6.07) is 16.1. The van der Waals surface area contributed by atoms with E-state index >= 15 is 0 Å². The Morgan fingerprint density at radius 3 is 2.68 bits per heavy atom. The number of aromatic amines is 1. The molecule has 0 saturated carbocycles. The van der Waals surface area contributed by atoms with Crippen LogP contribution in [0.3, 0.4) is 0 Å². The summed E-state index contributed by atoms with van der Waals surface area (Å²) < 4.78 is 14.9. The average molecular weight is 418 g/mol. The van der Waals surface area contributed by atoms with Crippen LogP contribution in [0.1, 0.15) is 16.9 Å². The van der Waals surface area contributed by atoms with Gasteiger partial charge in [0.2, 0.25) is 0 Å². The largest absolute Gasteiger partial charge is 0.353 e. The SMILES string of the molecule is Cn1nc(C(=O)N2CCCN(c3cc(-c4ccc(F)cc4)[nH]n3)CC2)c2ccccc21. The molecule has 31 heavy (non-hydrogen) atoms. The maximum absolute atomic E-state index is 13.2. The number of halogens is 1. The number of nitrogens with one attached hydrogen (secondary N) is 1. The fourth-order valence-corrected chi connectivity index (χ4v) is 4.12. The van der Waals surface area contributed by atoms with Crippen LogP contribution in [0.4, 0.5) is 10.2 Å². The number of hydrogen-bond donors (Lipinski definition) is 1. The van der Waals surface area contributed by atoms with E-state index in [0.29, 0.717) is 25.3 Å². The lowest BCUT2D eigenvalue weighted by Crippen LogP contribution is -2.35. The minimum absolute atomic E-state index is 0.0346. The third kappa shape index (κ3) is 3.65. The van der Waals surface area contributed by atoms with Crippen LogP contribution in [0.25, 0.3) is 22.2 Å². The quantitative estimate of drug-likeness (QED) is 0.553. The van der Waals surface area contributed by atoms with Crippen LogP contribution in [0.2, 0.25) is 0 Å². The van der Waals surface area contributed by atoms with Crippen LogP contribution >= 0.6 is 0 Å². The van der Waals surface area contributed by atoms with Gasteiger partial charge >= 0.3 is 0 Å². The normalized spacial score (nSPS) is 14.8. The molecule has 0 unspecified atom stereocenters. The van der Waals surface area contributed by atoms with E-state index in [1.54, 1.807) is 16.8 Å². The molecule has 1 N–H and O–H groups in total. The fraction of sp³-hybridized carbons (Fsp3) is 0.261. The highest BCUT2D eigenvalue weighted by Gasteiger charge is 2.25. The van der Waals surface area contributed by atoms with Crippen LogP contribution in [0.15, 0.2) is 54.6 Å². The van der Waals surface area contributed by atoms with Gasteiger partial charge in [-0.3, -0.25) is 14.6 Å². The van der Waals surface area contributed by atoms with E-state index in [1.165, 1.54) is 12.1 Å². The monoisotopic (exact) mass is 418 g/mol. The molecule has 3 heterocycles. The van der Waals surface area contributed by atoms with Gasteiger partial charge in [-0.05, 0) is 42.3 Å². The highest BCUT2D eigenvalue weighted by Crippen LogP contribution is 2.24. The van der Waals surface area contributed by atoms with Crippen LogP contribution in [0.5, 0.6) is 0 Å². The van der Waals surface area contributed by atoms with E-state index in [2.05, 4.69) is 20.2 Å². The number of aromatic nitrogens is 4. The van der Waals surface area contributed by atoms with E-state index in [-0.39, 0.29) is 11.7 Å². The predicted octanol–water partition coefficient (Wildman–Crippen LogP) is 3.46. The first-order valence-electron chi connectivity index (χ1n) is 10.4. The number of rotatable bonds is 3. The minimum atomic E-state index is -0.263. The molecule has 1 amide bonds. The smallest absolute Gasteiger partial charge is 0.275 e. The number of hydrogen-bond acceptors (Lipinski definition) is 4. The zero-order chi connectivity index (χ0) is 21.4. The molecule has 5 rings (SSSR count). The first-order chi connectivity index (χ1) is 15.1. The van der Waals surface area contributed by atoms with E-state index < -0.39 is 0 Å². The van der Waals surface area contributed by atoms with Gasteiger partial charge in [-0.15, -0.1) is 0 Å². The molecule has 0 atom stereocenters. The van der Waals surface area contributed by atoms with Gasteiger partial charge in [-0.25, -0.2) is 4.39 Å². The van der Waals surface area contributed by atoms with Crippen LogP contribution < -0.4 is 4.90 Å². The van der Waals surface area contributed by atoms with Crippen LogP contribution in [-0.4, -0.2) is 57.0 Å². The summed E-state index contributed by atoms with van der Waals surface area (Å²) in [5.41, 5.74) is 3.18. The molecule has 0 aliphatic carbocycles. The second-order valence-corrected chi connectivity index (χ2v) is 7.77. The van der Waals surface area contributed by atoms with Crippen LogP contribution in [0, 0.1) is 5.82 Å². The number of carbonyl (C=O) groups is 1. The molecule has 1 aliphatic heterocycles. The summed E-state index contributed by atoms with van der Waals surface area (Å²) in [7, 11) is 1.86. The second kappa shape index (κ2) is 7.86. The number of aryl methyl sites for hydroxylation is 1. The van der Waals surface area contributed by atoms with E-state index in [0.717, 1.165) is 40.9 Å². The molecule has 2 aromatic heterocycles. The van der Waals surface area contributed by atoms with Crippen molar-refractivity contribution >= 4 is 22.6 Å². The first-order valence-corrected chi connectivity index (χ1v) is 10.4. The van der Waals surface area contributed by atoms with Gasteiger partial charge in [0.1, 0.15) is 5.82 Å². The van der Waals surface area contributed by atoms with Gasteiger partial charge in [0.25, 0.3) is 5.91 Å². The summed E-state index contributed by atoms with van der Waals surface area (Å²) in [4.78, 5) is 17.3. The Morgan fingerprint density at radius 1 is 1.03 bits per heavy atom. The highest BCUT2D eigenvalue weighted by atomic mass is 19.1. The molecule has 7 nitrogen and oxygen atoms in total. The number of fused-ring (bicyclic) bond motifs is 1. The molecule has 158 valence electrons. The Labute approximate surface area is 179 Å². The zero-order valence-electron chi connectivity index (χ0n) is 17.3. The molecule has 0 spiro atoms. The number of H-pyrrole nitrogens is 1. The zero-order valence-corrected chi connectivity index (χ0v) is 17.3. The van der Waals surface area contributed by atoms with Gasteiger partial charge in [0.05, 0.1) is 11.2 Å². The van der Waals surface area contributed by atoms with Gasteiger partial charge in [-0.1, -0.05) is 18.2 Å². The summed E-state index contributed by atoms with van der Waals surface area (Å²) >= 11 is 0. The summed E-state index contributed by atoms with van der Waals surface area (Å²) in [6.45, 7) is 2.77. The average Bonchev–Trinajstić information content (AvgIpc) is 3.32. The summed E-state index contributed by atoms with van der Waals surface area (Å²) in [5.74, 6) is 0.533. The predicted molar refractivity (Wildman–Crippen MR) is 117 cm³/mol. The minimum Gasteiger partial charge on any atom is -0.353 e. The standard InChI is InChI=1S/C23H23FN6O/c1-28-20-6-3-2-5-18(20)22(27-28)23(31)30-12-4-11-29(13-14-30)21-15-19(25-26-21)16-7-9-17(24)10-8-16/h2-3,5-10,15H,4,11-14H2,1H3,(H,25,26). The maximum atomic E-state index is 13.2. The molecule has 8 heteroatoms. The van der Waals surface area contributed by atoms with Gasteiger partial charge in [-0.2, -0.15) is 10.2 Å². The number of para-hydroxylation sites is 1. The van der Waals surface area contributed by atoms with E-state index in [1.807, 2.05) is 42.3 Å². The topological polar surface area (TPSA) is 70.1 Å². The molecule has 0 bridgehead atoms. The first kappa shape index (κ1) is 19.3. The molecule has 1 aliphatic rings. The number of nitrogens with zero attached hydrogens (tertiary/aromatic N) is 5. The number of anilines is 1. The number of carbonyl (C=O) groups excluding carboxylic acids is 1. The van der Waals surface area contributed by atoms with Crippen molar-refractivity contribution in [3.8, 4) is 11.3 Å². The van der Waals surface area contributed by atoms with Crippen molar-refractivity contribution in [2.45, 2.75) is 6.42 Å². The van der Waals surface area contributed by atoms with Crippen molar-refractivity contribution in [3.05, 3.63) is 66.1 Å². The van der Waals surface area contributed by atoms with Crippen molar-refractivity contribution in [2.75, 3.05) is 31.1 Å². The van der Waals surface area contributed by atoms with Gasteiger partial charge in [0.15, 0.2) is 11.5 Å². The molecular weight excluding hydrogens is 395 g/mol. The van der Waals surface area contributed by atoms with Crippen molar-refractivity contribution in [1.82, 2.24) is 24.9 Å². The molecule has 1 saturated heterocycles. The molecule has 1 fully saturated rings. The maximum Gasteiger partial charge on any atom is 0.275 e. The van der Waals surface area contributed by atoms with Crippen LogP contribution in [-0.2, 0) is 7.05 Å². The van der Waals surface area contributed by atoms with Gasteiger partial charge < -0.3 is 9.80 Å². The highest BCUT2D eigenvalue weighted by molar-refractivity contribution is 6.04. The van der Waals surface area contributed by atoms with Crippen molar-refractivity contribution in [3.63, 3.8) is 0 Å². The Hall–Kier alpha value is -3.68. The number of benzene rings is 2. The molecular formula is C23H23FN6O. The molecule has 2 aromatic carbocycles. The van der Waals surface area contributed by atoms with Gasteiger partial charge in [0, 0.05) is 44.7 Å². The Kier molecular flexibility index (Phi) is 4.89.